The van der Waals surface area contributed by atoms with E-state index in [0.717, 1.165) is 12.1 Å². The third-order valence-corrected chi connectivity index (χ3v) is 1.31. The average molecular weight is 152 g/mol. The van der Waals surface area contributed by atoms with Gasteiger partial charge in [0.15, 0.2) is 0 Å². The highest BCUT2D eigenvalue weighted by atomic mass is 15.4. The normalized spacial score (nSPS) is 9.64. The van der Waals surface area contributed by atoms with Crippen LogP contribution in [0.15, 0.2) is 12.3 Å². The van der Waals surface area contributed by atoms with Crippen molar-refractivity contribution >= 4 is 5.95 Å². The molecule has 0 aliphatic rings. The summed E-state index contributed by atoms with van der Waals surface area (Å²) in [6.45, 7) is 2.06. The van der Waals surface area contributed by atoms with E-state index in [1.165, 1.54) is 0 Å². The third kappa shape index (κ3) is 2.16. The minimum absolute atomic E-state index is 0.617. The molecule has 0 saturated carbocycles. The van der Waals surface area contributed by atoms with Gasteiger partial charge in [-0.25, -0.2) is 15.4 Å². The number of nitrogens with one attached hydrogen (secondary N) is 2. The molecule has 2 N–H and O–H groups in total. The van der Waals surface area contributed by atoms with Crippen LogP contribution in [0.1, 0.15) is 12.6 Å². The molecule has 11 heavy (non-hydrogen) atoms. The molecule has 1 rings (SSSR count). The lowest BCUT2D eigenvalue weighted by Gasteiger charge is -2.02. The van der Waals surface area contributed by atoms with Gasteiger partial charge in [0.1, 0.15) is 0 Å². The number of nitrogens with zero attached hydrogens (tertiary/aromatic N) is 2. The number of hydrogen-bond acceptors (Lipinski definition) is 4. The van der Waals surface area contributed by atoms with Crippen LogP contribution in [-0.4, -0.2) is 17.0 Å². The Labute approximate surface area is 66.0 Å². The lowest BCUT2D eigenvalue weighted by atomic mass is 10.3. The second-order valence-corrected chi connectivity index (χ2v) is 2.10. The van der Waals surface area contributed by atoms with Crippen LogP contribution in [0.2, 0.25) is 0 Å². The molecule has 0 atom stereocenters. The van der Waals surface area contributed by atoms with Crippen molar-refractivity contribution in [1.82, 2.24) is 15.4 Å². The van der Waals surface area contributed by atoms with Crippen molar-refractivity contribution < 1.29 is 0 Å². The van der Waals surface area contributed by atoms with E-state index in [4.69, 9.17) is 0 Å². The van der Waals surface area contributed by atoms with Gasteiger partial charge in [-0.15, -0.1) is 0 Å². The van der Waals surface area contributed by atoms with Crippen molar-refractivity contribution in [1.29, 1.82) is 0 Å². The molecule has 0 unspecified atom stereocenters. The standard InChI is InChI=1S/C7H12N4/c1-3-6-4-5-9-7(10-6)11-8-2/h4-5,8H,3H2,1-2H3,(H,9,10,11). The van der Waals surface area contributed by atoms with Crippen LogP contribution >= 0.6 is 0 Å². The van der Waals surface area contributed by atoms with Crippen LogP contribution < -0.4 is 10.9 Å². The molecule has 0 aromatic carbocycles. The molecule has 1 aromatic rings. The molecule has 1 aromatic heterocycles. The lowest BCUT2D eigenvalue weighted by molar-refractivity contribution is 0.913. The summed E-state index contributed by atoms with van der Waals surface area (Å²) in [5, 5.41) is 0. The summed E-state index contributed by atoms with van der Waals surface area (Å²) in [5.74, 6) is 0.617. The van der Waals surface area contributed by atoms with E-state index in [2.05, 4.69) is 27.7 Å². The van der Waals surface area contributed by atoms with E-state index >= 15 is 0 Å². The molecular formula is C7H12N4. The van der Waals surface area contributed by atoms with Gasteiger partial charge in [0, 0.05) is 18.9 Å². The fourth-order valence-corrected chi connectivity index (χ4v) is 0.765. The lowest BCUT2D eigenvalue weighted by Crippen LogP contribution is -2.17. The molecule has 0 radical (unpaired) electrons. The number of rotatable bonds is 3. The van der Waals surface area contributed by atoms with Gasteiger partial charge in [0.2, 0.25) is 5.95 Å². The SMILES string of the molecule is CCc1ccnc(NNC)n1. The van der Waals surface area contributed by atoms with E-state index in [0.29, 0.717) is 5.95 Å². The van der Waals surface area contributed by atoms with Gasteiger partial charge < -0.3 is 0 Å². The largest absolute Gasteiger partial charge is 0.290 e. The zero-order valence-corrected chi connectivity index (χ0v) is 6.76. The molecule has 4 nitrogen and oxygen atoms in total. The molecule has 0 aliphatic heterocycles. The van der Waals surface area contributed by atoms with Gasteiger partial charge in [-0.2, -0.15) is 0 Å². The molecule has 0 spiro atoms. The fourth-order valence-electron chi connectivity index (χ4n) is 0.765. The van der Waals surface area contributed by atoms with E-state index in [1.807, 2.05) is 6.07 Å². The first kappa shape index (κ1) is 7.94. The van der Waals surface area contributed by atoms with Crippen molar-refractivity contribution in [2.75, 3.05) is 12.5 Å². The predicted octanol–water partition coefficient (Wildman–Crippen LogP) is 0.585. The first-order valence-corrected chi connectivity index (χ1v) is 3.61. The van der Waals surface area contributed by atoms with Crippen molar-refractivity contribution in [2.45, 2.75) is 13.3 Å². The van der Waals surface area contributed by atoms with Gasteiger partial charge in [-0.3, -0.25) is 5.43 Å². The molecule has 0 bridgehead atoms. The molecule has 0 saturated heterocycles. The van der Waals surface area contributed by atoms with E-state index in [9.17, 15) is 0 Å². The Kier molecular flexibility index (Phi) is 2.80. The topological polar surface area (TPSA) is 49.8 Å². The van der Waals surface area contributed by atoms with Gasteiger partial charge >= 0.3 is 0 Å². The molecule has 0 aliphatic carbocycles. The second kappa shape index (κ2) is 3.88. The first-order valence-electron chi connectivity index (χ1n) is 3.61. The number of hydrogen-bond donors (Lipinski definition) is 2. The summed E-state index contributed by atoms with van der Waals surface area (Å²) >= 11 is 0. The number of anilines is 1. The Morgan fingerprint density at radius 1 is 1.55 bits per heavy atom. The van der Waals surface area contributed by atoms with Crippen molar-refractivity contribution in [3.05, 3.63) is 18.0 Å². The maximum Gasteiger partial charge on any atom is 0.237 e. The Morgan fingerprint density at radius 3 is 3.00 bits per heavy atom. The van der Waals surface area contributed by atoms with Crippen molar-refractivity contribution in [3.8, 4) is 0 Å². The van der Waals surface area contributed by atoms with Crippen molar-refractivity contribution in [3.63, 3.8) is 0 Å². The molecule has 0 fully saturated rings. The van der Waals surface area contributed by atoms with Gasteiger partial charge in [-0.1, -0.05) is 6.92 Å². The van der Waals surface area contributed by atoms with Crippen LogP contribution in [0.25, 0.3) is 0 Å². The van der Waals surface area contributed by atoms with Gasteiger partial charge in [0.25, 0.3) is 0 Å². The van der Waals surface area contributed by atoms with Crippen LogP contribution in [0.4, 0.5) is 5.95 Å². The fraction of sp³-hybridized carbons (Fsp3) is 0.429. The van der Waals surface area contributed by atoms with Crippen LogP contribution in [0, 0.1) is 0 Å². The van der Waals surface area contributed by atoms with Crippen molar-refractivity contribution in [2.24, 2.45) is 0 Å². The molecule has 0 amide bonds. The molecular weight excluding hydrogens is 140 g/mol. The minimum Gasteiger partial charge on any atom is -0.290 e. The minimum atomic E-state index is 0.617. The number of aromatic nitrogens is 2. The summed E-state index contributed by atoms with van der Waals surface area (Å²) in [5.41, 5.74) is 6.61. The zero-order valence-electron chi connectivity index (χ0n) is 6.76. The van der Waals surface area contributed by atoms with Gasteiger partial charge in [-0.05, 0) is 12.5 Å². The van der Waals surface area contributed by atoms with E-state index < -0.39 is 0 Å². The molecule has 4 heteroatoms. The highest BCUT2D eigenvalue weighted by molar-refractivity contribution is 5.22. The summed E-state index contributed by atoms with van der Waals surface area (Å²) in [6, 6.07) is 1.90. The summed E-state index contributed by atoms with van der Waals surface area (Å²) in [4.78, 5) is 8.19. The van der Waals surface area contributed by atoms with Crippen LogP contribution in [0.3, 0.4) is 0 Å². The van der Waals surface area contributed by atoms with Crippen LogP contribution in [0.5, 0.6) is 0 Å². The third-order valence-electron chi connectivity index (χ3n) is 1.31. The highest BCUT2D eigenvalue weighted by Gasteiger charge is 1.93. The quantitative estimate of drug-likeness (QED) is 0.622. The smallest absolute Gasteiger partial charge is 0.237 e. The summed E-state index contributed by atoms with van der Waals surface area (Å²) in [7, 11) is 1.78. The Balaban J connectivity index is 2.74. The monoisotopic (exact) mass is 152 g/mol. The van der Waals surface area contributed by atoms with Gasteiger partial charge in [0.05, 0.1) is 0 Å². The average Bonchev–Trinajstić information content (AvgIpc) is 2.06. The first-order chi connectivity index (χ1) is 5.36. The highest BCUT2D eigenvalue weighted by Crippen LogP contribution is 1.98. The maximum absolute atomic E-state index is 4.20. The van der Waals surface area contributed by atoms with E-state index in [-0.39, 0.29) is 0 Å². The Hall–Kier alpha value is -1.16. The summed E-state index contributed by atoms with van der Waals surface area (Å²) < 4.78 is 0. The number of hydrazine groups is 1. The maximum atomic E-state index is 4.20. The van der Waals surface area contributed by atoms with Crippen LogP contribution in [-0.2, 0) is 6.42 Å². The summed E-state index contributed by atoms with van der Waals surface area (Å²) in [6.07, 6.45) is 2.67. The van der Waals surface area contributed by atoms with E-state index in [1.54, 1.807) is 13.2 Å². The number of aryl methyl sites for hydroxylation is 1. The Bertz CT molecular complexity index is 223. The molecule has 1 heterocycles. The predicted molar refractivity (Wildman–Crippen MR) is 44.1 cm³/mol. The molecule has 60 valence electrons. The Morgan fingerprint density at radius 2 is 2.36 bits per heavy atom. The zero-order chi connectivity index (χ0) is 8.10. The second-order valence-electron chi connectivity index (χ2n) is 2.10.